The first-order chi connectivity index (χ1) is 14.6. The quantitative estimate of drug-likeness (QED) is 0.372. The minimum Gasteiger partial charge on any atom is -0.492 e. The van der Waals surface area contributed by atoms with E-state index in [-0.39, 0.29) is 37.1 Å². The number of hydroxylamine groups is 1. The molecule has 0 aliphatic carbocycles. The lowest BCUT2D eigenvalue weighted by Gasteiger charge is -2.18. The lowest BCUT2D eigenvalue weighted by atomic mass is 10.0. The van der Waals surface area contributed by atoms with Gasteiger partial charge in [0, 0.05) is 32.2 Å². The van der Waals surface area contributed by atoms with Crippen molar-refractivity contribution in [1.29, 1.82) is 0 Å². The van der Waals surface area contributed by atoms with Crippen LogP contribution in [0, 0.1) is 0 Å². The third-order valence-corrected chi connectivity index (χ3v) is 4.42. The van der Waals surface area contributed by atoms with Crippen LogP contribution in [-0.2, 0) is 19.2 Å². The summed E-state index contributed by atoms with van der Waals surface area (Å²) < 4.78 is 5.65. The molecule has 0 radical (unpaired) electrons. The number of hydrogen-bond acceptors (Lipinski definition) is 6. The summed E-state index contributed by atoms with van der Waals surface area (Å²) in [5.41, 5.74) is 5.93. The maximum atomic E-state index is 11.9. The second kappa shape index (κ2) is 11.7. The Balaban J connectivity index is 1.64. The largest absolute Gasteiger partial charge is 0.492 e. The molecule has 0 spiro atoms. The van der Waals surface area contributed by atoms with Crippen molar-refractivity contribution in [3.05, 3.63) is 28.8 Å². The average molecular weight is 453 g/mol. The smallest absolute Gasteiger partial charge is 0.245 e. The Morgan fingerprint density at radius 3 is 2.61 bits per heavy atom. The molecule has 0 saturated heterocycles. The van der Waals surface area contributed by atoms with E-state index in [4.69, 9.17) is 21.2 Å². The number of amides is 3. The van der Waals surface area contributed by atoms with Gasteiger partial charge in [-0.3, -0.25) is 19.2 Å². The van der Waals surface area contributed by atoms with Crippen molar-refractivity contribution in [2.45, 2.75) is 58.5 Å². The molecular formula is C21H29ClN4O5. The number of nitrogens with one attached hydrogen (secondary N) is 3. The van der Waals surface area contributed by atoms with Crippen molar-refractivity contribution >= 4 is 35.0 Å². The standard InChI is InChI=1S/C21H29ClN4O5/c1-21(2,3)31-26-20(29)10-11-23-18(27)5-4-12-30-17-8-6-14(13-15(17)22)16-7-9-19(28)25-24-16/h6,8,13H,4-5,7,9-12H2,1-3H3,(H,23,27)(H,25,28)(H,26,29). The molecule has 1 aliphatic rings. The topological polar surface area (TPSA) is 118 Å². The molecule has 1 aromatic rings. The fourth-order valence-corrected chi connectivity index (χ4v) is 2.79. The van der Waals surface area contributed by atoms with Crippen molar-refractivity contribution in [3.63, 3.8) is 0 Å². The third kappa shape index (κ3) is 9.35. The molecule has 170 valence electrons. The van der Waals surface area contributed by atoms with Crippen LogP contribution in [0.1, 0.15) is 58.4 Å². The van der Waals surface area contributed by atoms with Crippen LogP contribution in [-0.4, -0.2) is 42.2 Å². The van der Waals surface area contributed by atoms with Crippen LogP contribution in [0.5, 0.6) is 5.75 Å². The molecule has 9 nitrogen and oxygen atoms in total. The lowest BCUT2D eigenvalue weighted by Crippen LogP contribution is -2.35. The summed E-state index contributed by atoms with van der Waals surface area (Å²) in [5.74, 6) is -0.0383. The maximum absolute atomic E-state index is 11.9. The molecule has 0 bridgehead atoms. The van der Waals surface area contributed by atoms with Crippen LogP contribution in [0.4, 0.5) is 0 Å². The molecule has 0 atom stereocenters. The number of carbonyl (C=O) groups is 3. The van der Waals surface area contributed by atoms with Gasteiger partial charge in [-0.05, 0) is 51.0 Å². The predicted molar refractivity (Wildman–Crippen MR) is 117 cm³/mol. The zero-order valence-electron chi connectivity index (χ0n) is 18.0. The molecule has 3 amide bonds. The molecule has 0 fully saturated rings. The number of nitrogens with zero attached hydrogens (tertiary/aromatic N) is 1. The van der Waals surface area contributed by atoms with Gasteiger partial charge in [0.25, 0.3) is 0 Å². The monoisotopic (exact) mass is 452 g/mol. The Hall–Kier alpha value is -2.65. The molecule has 31 heavy (non-hydrogen) atoms. The van der Waals surface area contributed by atoms with E-state index >= 15 is 0 Å². The van der Waals surface area contributed by atoms with Gasteiger partial charge in [-0.15, -0.1) is 0 Å². The van der Waals surface area contributed by atoms with Crippen molar-refractivity contribution in [2.24, 2.45) is 5.10 Å². The number of benzene rings is 1. The Morgan fingerprint density at radius 2 is 1.97 bits per heavy atom. The second-order valence-electron chi connectivity index (χ2n) is 8.03. The zero-order valence-corrected chi connectivity index (χ0v) is 18.8. The summed E-state index contributed by atoms with van der Waals surface area (Å²) in [6.45, 7) is 6.03. The number of carbonyl (C=O) groups excluding carboxylic acids is 3. The molecule has 1 aliphatic heterocycles. The van der Waals surface area contributed by atoms with Gasteiger partial charge in [-0.2, -0.15) is 5.10 Å². The average Bonchev–Trinajstić information content (AvgIpc) is 2.70. The van der Waals surface area contributed by atoms with Crippen LogP contribution in [0.15, 0.2) is 23.3 Å². The summed E-state index contributed by atoms with van der Waals surface area (Å²) >= 11 is 6.28. The predicted octanol–water partition coefficient (Wildman–Crippen LogP) is 2.47. The minimum atomic E-state index is -0.468. The molecule has 10 heteroatoms. The van der Waals surface area contributed by atoms with Gasteiger partial charge in [-0.25, -0.2) is 10.9 Å². The fraction of sp³-hybridized carbons (Fsp3) is 0.524. The van der Waals surface area contributed by atoms with E-state index in [0.29, 0.717) is 36.6 Å². The van der Waals surface area contributed by atoms with Crippen molar-refractivity contribution in [1.82, 2.24) is 16.2 Å². The van der Waals surface area contributed by atoms with Crippen LogP contribution >= 0.6 is 11.6 Å². The molecule has 2 rings (SSSR count). The van der Waals surface area contributed by atoms with E-state index in [9.17, 15) is 14.4 Å². The van der Waals surface area contributed by atoms with Crippen molar-refractivity contribution in [2.75, 3.05) is 13.2 Å². The Labute approximate surface area is 186 Å². The molecule has 0 saturated carbocycles. The first-order valence-electron chi connectivity index (χ1n) is 10.2. The summed E-state index contributed by atoms with van der Waals surface area (Å²) in [7, 11) is 0. The molecule has 0 unspecified atom stereocenters. The third-order valence-electron chi connectivity index (χ3n) is 4.12. The van der Waals surface area contributed by atoms with E-state index in [1.807, 2.05) is 26.8 Å². The summed E-state index contributed by atoms with van der Waals surface area (Å²) in [4.78, 5) is 39.8. The van der Waals surface area contributed by atoms with Crippen molar-refractivity contribution < 1.29 is 24.0 Å². The van der Waals surface area contributed by atoms with Gasteiger partial charge in [0.15, 0.2) is 0 Å². The van der Waals surface area contributed by atoms with Gasteiger partial charge in [0.05, 0.1) is 22.9 Å². The fourth-order valence-electron chi connectivity index (χ4n) is 2.56. The molecule has 0 aromatic heterocycles. The zero-order chi connectivity index (χ0) is 22.9. The van der Waals surface area contributed by atoms with Crippen LogP contribution in [0.3, 0.4) is 0 Å². The lowest BCUT2D eigenvalue weighted by molar-refractivity contribution is -0.145. The van der Waals surface area contributed by atoms with Gasteiger partial charge >= 0.3 is 0 Å². The van der Waals surface area contributed by atoms with Crippen LogP contribution in [0.25, 0.3) is 0 Å². The highest BCUT2D eigenvalue weighted by Gasteiger charge is 2.15. The van der Waals surface area contributed by atoms with Crippen molar-refractivity contribution in [3.8, 4) is 5.75 Å². The van der Waals surface area contributed by atoms with E-state index in [0.717, 1.165) is 11.3 Å². The number of hydrazone groups is 1. The second-order valence-corrected chi connectivity index (χ2v) is 8.44. The molecule has 1 heterocycles. The highest BCUT2D eigenvalue weighted by atomic mass is 35.5. The summed E-state index contributed by atoms with van der Waals surface area (Å²) in [6, 6.07) is 5.32. The summed E-state index contributed by atoms with van der Waals surface area (Å²) in [5, 5.41) is 7.17. The van der Waals surface area contributed by atoms with Gasteiger partial charge in [-0.1, -0.05) is 11.6 Å². The van der Waals surface area contributed by atoms with E-state index in [2.05, 4.69) is 21.3 Å². The highest BCUT2D eigenvalue weighted by Crippen LogP contribution is 2.27. The van der Waals surface area contributed by atoms with E-state index in [1.54, 1.807) is 12.1 Å². The van der Waals surface area contributed by atoms with Crippen LogP contribution < -0.4 is 21.0 Å². The highest BCUT2D eigenvalue weighted by molar-refractivity contribution is 6.32. The first kappa shape index (κ1) is 24.6. The van der Waals surface area contributed by atoms with Gasteiger partial charge < -0.3 is 10.1 Å². The van der Waals surface area contributed by atoms with E-state index in [1.165, 1.54) is 0 Å². The Bertz CT molecular complexity index is 836. The van der Waals surface area contributed by atoms with Gasteiger partial charge in [0.1, 0.15) is 5.75 Å². The first-order valence-corrected chi connectivity index (χ1v) is 10.5. The maximum Gasteiger partial charge on any atom is 0.245 e. The molecular weight excluding hydrogens is 424 g/mol. The molecule has 3 N–H and O–H groups in total. The number of halogens is 1. The minimum absolute atomic E-state index is 0.100. The normalized spacial score (nSPS) is 13.8. The Kier molecular flexibility index (Phi) is 9.26. The number of ether oxygens (including phenoxy) is 1. The van der Waals surface area contributed by atoms with Crippen LogP contribution in [0.2, 0.25) is 5.02 Å². The summed E-state index contributed by atoms with van der Waals surface area (Å²) in [6.07, 6.45) is 1.86. The molecule has 1 aromatic carbocycles. The van der Waals surface area contributed by atoms with E-state index < -0.39 is 5.60 Å². The van der Waals surface area contributed by atoms with Gasteiger partial charge in [0.2, 0.25) is 17.7 Å². The number of hydrogen-bond donors (Lipinski definition) is 3. The number of rotatable bonds is 10. The SMILES string of the molecule is CC(C)(C)ONC(=O)CCNC(=O)CCCOc1ccc(C2=NNC(=O)CC2)cc1Cl. The Morgan fingerprint density at radius 1 is 1.19 bits per heavy atom.